The summed E-state index contributed by atoms with van der Waals surface area (Å²) < 4.78 is 0. The zero-order chi connectivity index (χ0) is 13.8. The van der Waals surface area contributed by atoms with Crippen molar-refractivity contribution in [1.29, 1.82) is 0 Å². The first-order valence-electron chi connectivity index (χ1n) is 7.20. The molecular weight excluding hydrogens is 238 g/mol. The molecule has 1 N–H and O–H groups in total. The Kier molecular flexibility index (Phi) is 4.40. The number of amides is 1. The van der Waals surface area contributed by atoms with Crippen LogP contribution in [-0.4, -0.2) is 34.4 Å². The van der Waals surface area contributed by atoms with Gasteiger partial charge in [0.15, 0.2) is 0 Å². The minimum Gasteiger partial charge on any atom is -0.370 e. The summed E-state index contributed by atoms with van der Waals surface area (Å²) in [5.41, 5.74) is 0.734. The smallest absolute Gasteiger partial charge is 0.254 e. The summed E-state index contributed by atoms with van der Waals surface area (Å²) in [6.07, 6.45) is 4.96. The first kappa shape index (κ1) is 13.8. The van der Waals surface area contributed by atoms with Gasteiger partial charge < -0.3 is 10.2 Å². The summed E-state index contributed by atoms with van der Waals surface area (Å²) in [5.74, 6) is 0.909. The van der Waals surface area contributed by atoms with E-state index in [1.54, 1.807) is 12.3 Å². The molecule has 2 unspecified atom stereocenters. The fraction of sp³-hybridized carbons (Fsp3) is 0.600. The third-order valence-electron chi connectivity index (χ3n) is 3.86. The molecule has 2 heterocycles. The lowest BCUT2D eigenvalue weighted by molar-refractivity contribution is 0.0676. The molecule has 1 amide bonds. The Hall–Kier alpha value is -1.58. The summed E-state index contributed by atoms with van der Waals surface area (Å²) in [7, 11) is 0. The molecule has 0 aliphatic carbocycles. The molecule has 0 aromatic carbocycles. The van der Waals surface area contributed by atoms with Crippen molar-refractivity contribution >= 4 is 11.7 Å². The van der Waals surface area contributed by atoms with Gasteiger partial charge in [0.1, 0.15) is 5.82 Å². The number of anilines is 1. The van der Waals surface area contributed by atoms with Gasteiger partial charge in [-0.3, -0.25) is 4.79 Å². The third-order valence-corrected chi connectivity index (χ3v) is 3.86. The van der Waals surface area contributed by atoms with Crippen LogP contribution in [0.4, 0.5) is 5.82 Å². The highest BCUT2D eigenvalue weighted by atomic mass is 16.2. The summed E-state index contributed by atoms with van der Waals surface area (Å²) in [5, 5.41) is 3.15. The van der Waals surface area contributed by atoms with Gasteiger partial charge in [-0.15, -0.1) is 0 Å². The van der Waals surface area contributed by atoms with Crippen molar-refractivity contribution in [3.8, 4) is 0 Å². The first-order chi connectivity index (χ1) is 9.17. The van der Waals surface area contributed by atoms with Crippen LogP contribution in [0.1, 0.15) is 50.4 Å². The van der Waals surface area contributed by atoms with E-state index in [0.29, 0.717) is 12.1 Å². The summed E-state index contributed by atoms with van der Waals surface area (Å²) in [4.78, 5) is 18.9. The van der Waals surface area contributed by atoms with Crippen LogP contribution in [0, 0.1) is 0 Å². The normalized spacial score (nSPS) is 22.6. The molecule has 1 aliphatic heterocycles. The zero-order valence-corrected chi connectivity index (χ0v) is 12.0. The number of nitrogens with zero attached hydrogens (tertiary/aromatic N) is 2. The van der Waals surface area contributed by atoms with Crippen molar-refractivity contribution in [2.24, 2.45) is 0 Å². The molecule has 1 aromatic heterocycles. The van der Waals surface area contributed by atoms with Crippen LogP contribution < -0.4 is 5.32 Å². The van der Waals surface area contributed by atoms with Crippen molar-refractivity contribution < 1.29 is 4.79 Å². The van der Waals surface area contributed by atoms with Gasteiger partial charge in [0.2, 0.25) is 0 Å². The Balaban J connectivity index is 2.20. The second-order valence-electron chi connectivity index (χ2n) is 5.16. The predicted molar refractivity (Wildman–Crippen MR) is 77.3 cm³/mol. The van der Waals surface area contributed by atoms with Crippen molar-refractivity contribution in [3.05, 3.63) is 23.9 Å². The van der Waals surface area contributed by atoms with Gasteiger partial charge >= 0.3 is 0 Å². The number of carbonyl (C=O) groups excluding carboxylic acids is 1. The number of hydrogen-bond acceptors (Lipinski definition) is 3. The minimum atomic E-state index is 0.137. The predicted octanol–water partition coefficient (Wildman–Crippen LogP) is 2.92. The fourth-order valence-corrected chi connectivity index (χ4v) is 2.83. The van der Waals surface area contributed by atoms with E-state index in [1.807, 2.05) is 17.9 Å². The molecule has 1 aromatic rings. The highest BCUT2D eigenvalue weighted by Gasteiger charge is 2.33. The molecule has 2 atom stereocenters. The van der Waals surface area contributed by atoms with Gasteiger partial charge in [-0.25, -0.2) is 4.98 Å². The van der Waals surface area contributed by atoms with Gasteiger partial charge in [0.25, 0.3) is 5.91 Å². The van der Waals surface area contributed by atoms with Crippen molar-refractivity contribution in [1.82, 2.24) is 9.88 Å². The molecule has 0 bridgehead atoms. The van der Waals surface area contributed by atoms with E-state index >= 15 is 0 Å². The average molecular weight is 261 g/mol. The SMILES string of the molecule is CCNc1cc(C(=O)N2C(C)CCC2CC)ccn1. The summed E-state index contributed by atoms with van der Waals surface area (Å²) in [6.45, 7) is 7.12. The Morgan fingerprint density at radius 2 is 2.26 bits per heavy atom. The molecule has 1 aliphatic rings. The average Bonchev–Trinajstić information content (AvgIpc) is 2.80. The molecule has 0 radical (unpaired) electrons. The first-order valence-corrected chi connectivity index (χ1v) is 7.20. The van der Waals surface area contributed by atoms with Crippen LogP contribution in [0.15, 0.2) is 18.3 Å². The number of rotatable bonds is 4. The number of pyridine rings is 1. The molecule has 4 nitrogen and oxygen atoms in total. The third kappa shape index (κ3) is 2.88. The van der Waals surface area contributed by atoms with Gasteiger partial charge in [-0.05, 0) is 45.2 Å². The molecule has 1 fully saturated rings. The van der Waals surface area contributed by atoms with E-state index in [4.69, 9.17) is 0 Å². The van der Waals surface area contributed by atoms with Gasteiger partial charge in [-0.1, -0.05) is 6.92 Å². The molecule has 4 heteroatoms. The van der Waals surface area contributed by atoms with Crippen LogP contribution in [0.25, 0.3) is 0 Å². The fourth-order valence-electron chi connectivity index (χ4n) is 2.83. The number of carbonyl (C=O) groups is 1. The molecular formula is C15H23N3O. The van der Waals surface area contributed by atoms with E-state index in [-0.39, 0.29) is 5.91 Å². The van der Waals surface area contributed by atoms with Gasteiger partial charge in [-0.2, -0.15) is 0 Å². The Labute approximate surface area is 115 Å². The summed E-state index contributed by atoms with van der Waals surface area (Å²) in [6, 6.07) is 4.39. The standard InChI is InChI=1S/C15H23N3O/c1-4-13-7-6-11(3)18(13)15(19)12-8-9-17-14(10-12)16-5-2/h8-11,13H,4-7H2,1-3H3,(H,16,17). The maximum atomic E-state index is 12.7. The maximum Gasteiger partial charge on any atom is 0.254 e. The highest BCUT2D eigenvalue weighted by Crippen LogP contribution is 2.28. The number of likely N-dealkylation sites (tertiary alicyclic amines) is 1. The second-order valence-corrected chi connectivity index (χ2v) is 5.16. The van der Waals surface area contributed by atoms with Crippen LogP contribution in [0.5, 0.6) is 0 Å². The second kappa shape index (κ2) is 6.04. The van der Waals surface area contributed by atoms with E-state index < -0.39 is 0 Å². The topological polar surface area (TPSA) is 45.2 Å². The molecule has 19 heavy (non-hydrogen) atoms. The molecule has 0 saturated carbocycles. The van der Waals surface area contributed by atoms with E-state index in [1.165, 1.54) is 0 Å². The quantitative estimate of drug-likeness (QED) is 0.906. The molecule has 104 valence electrons. The van der Waals surface area contributed by atoms with E-state index in [9.17, 15) is 4.79 Å². The molecule has 2 rings (SSSR count). The minimum absolute atomic E-state index is 0.137. The molecule has 0 spiro atoms. The lowest BCUT2D eigenvalue weighted by Crippen LogP contribution is -2.39. The maximum absolute atomic E-state index is 12.7. The van der Waals surface area contributed by atoms with Crippen LogP contribution in [-0.2, 0) is 0 Å². The van der Waals surface area contributed by atoms with Crippen molar-refractivity contribution in [2.45, 2.75) is 52.1 Å². The number of nitrogens with one attached hydrogen (secondary N) is 1. The lowest BCUT2D eigenvalue weighted by Gasteiger charge is -2.28. The zero-order valence-electron chi connectivity index (χ0n) is 12.0. The number of aromatic nitrogens is 1. The Morgan fingerprint density at radius 1 is 1.47 bits per heavy atom. The Morgan fingerprint density at radius 3 is 2.95 bits per heavy atom. The van der Waals surface area contributed by atoms with Crippen LogP contribution >= 0.6 is 0 Å². The summed E-state index contributed by atoms with van der Waals surface area (Å²) >= 11 is 0. The van der Waals surface area contributed by atoms with Crippen LogP contribution in [0.3, 0.4) is 0 Å². The Bertz CT molecular complexity index is 447. The number of hydrogen-bond donors (Lipinski definition) is 1. The molecule has 1 saturated heterocycles. The van der Waals surface area contributed by atoms with E-state index in [0.717, 1.165) is 37.2 Å². The van der Waals surface area contributed by atoms with Crippen molar-refractivity contribution in [3.63, 3.8) is 0 Å². The van der Waals surface area contributed by atoms with Crippen molar-refractivity contribution in [2.75, 3.05) is 11.9 Å². The van der Waals surface area contributed by atoms with Gasteiger partial charge in [0.05, 0.1) is 0 Å². The largest absolute Gasteiger partial charge is 0.370 e. The van der Waals surface area contributed by atoms with E-state index in [2.05, 4.69) is 24.1 Å². The van der Waals surface area contributed by atoms with Gasteiger partial charge in [0, 0.05) is 30.4 Å². The highest BCUT2D eigenvalue weighted by molar-refractivity contribution is 5.95. The monoisotopic (exact) mass is 261 g/mol. The van der Waals surface area contributed by atoms with Crippen LogP contribution in [0.2, 0.25) is 0 Å². The lowest BCUT2D eigenvalue weighted by atomic mass is 10.1.